The number of halogens is 1. The molecule has 8 rings (SSSR count). The number of hydrogen-bond donors (Lipinski definition) is 5. The number of imide groups is 1. The number of rotatable bonds is 8. The van der Waals surface area contributed by atoms with Crippen LogP contribution in [0.25, 0.3) is 5.65 Å². The van der Waals surface area contributed by atoms with E-state index in [0.717, 1.165) is 11.4 Å². The molecule has 16 nitrogen and oxygen atoms in total. The minimum Gasteiger partial charge on any atom is -0.455 e. The fraction of sp³-hybridized carbons (Fsp3) is 0.275. The number of fused-ring (bicyclic) bond motifs is 3. The van der Waals surface area contributed by atoms with Crippen LogP contribution in [0.4, 0.5) is 27.3 Å². The zero-order valence-corrected chi connectivity index (χ0v) is 30.7. The van der Waals surface area contributed by atoms with Crippen molar-refractivity contribution in [3.63, 3.8) is 0 Å². The molecule has 5 amide bonds. The molecule has 3 aliphatic heterocycles. The molecule has 292 valence electrons. The zero-order chi connectivity index (χ0) is 39.5. The van der Waals surface area contributed by atoms with E-state index in [-0.39, 0.29) is 59.8 Å². The van der Waals surface area contributed by atoms with Crippen LogP contribution in [-0.4, -0.2) is 87.8 Å². The van der Waals surface area contributed by atoms with Crippen molar-refractivity contribution in [3.05, 3.63) is 102 Å². The van der Waals surface area contributed by atoms with Crippen LogP contribution in [0.5, 0.6) is 11.5 Å². The number of nitrogens with zero attached hydrogens (tertiary/aromatic N) is 5. The van der Waals surface area contributed by atoms with E-state index >= 15 is 0 Å². The summed E-state index contributed by atoms with van der Waals surface area (Å²) in [6.45, 7) is 2.88. The molecule has 3 aromatic carbocycles. The molecule has 2 saturated heterocycles. The Kier molecular flexibility index (Phi) is 10.3. The first kappa shape index (κ1) is 36.9. The Labute approximate surface area is 325 Å². The molecule has 2 aromatic heterocycles. The Balaban J connectivity index is 0.852. The van der Waals surface area contributed by atoms with E-state index in [9.17, 15) is 28.4 Å². The second-order valence-electron chi connectivity index (χ2n) is 13.9. The molecule has 3 aliphatic rings. The first-order chi connectivity index (χ1) is 27.7. The van der Waals surface area contributed by atoms with Gasteiger partial charge < -0.3 is 35.8 Å². The van der Waals surface area contributed by atoms with Gasteiger partial charge in [0.1, 0.15) is 29.0 Å². The highest BCUT2D eigenvalue weighted by Gasteiger charge is 2.27. The monoisotopic (exact) mass is 774 g/mol. The van der Waals surface area contributed by atoms with Crippen molar-refractivity contribution in [2.24, 2.45) is 0 Å². The minimum atomic E-state index is -0.521. The number of carbonyl (C=O) groups is 5. The van der Waals surface area contributed by atoms with Crippen LogP contribution in [0, 0.1) is 5.82 Å². The lowest BCUT2D eigenvalue weighted by Gasteiger charge is -2.36. The molecule has 2 fully saturated rings. The van der Waals surface area contributed by atoms with Gasteiger partial charge in [-0.05, 0) is 79.6 Å². The van der Waals surface area contributed by atoms with Crippen molar-refractivity contribution in [2.45, 2.75) is 38.3 Å². The summed E-state index contributed by atoms with van der Waals surface area (Å²) in [4.78, 5) is 71.9. The molecular weight excluding hydrogens is 736 g/mol. The van der Waals surface area contributed by atoms with Crippen molar-refractivity contribution in [1.29, 1.82) is 0 Å². The summed E-state index contributed by atoms with van der Waals surface area (Å²) in [5.74, 6) is -0.896. The maximum Gasteiger partial charge on any atom is 0.261 e. The van der Waals surface area contributed by atoms with Gasteiger partial charge in [0.15, 0.2) is 11.4 Å². The van der Waals surface area contributed by atoms with Crippen molar-refractivity contribution >= 4 is 58.1 Å². The topological polar surface area (TPSA) is 191 Å². The Morgan fingerprint density at radius 2 is 1.74 bits per heavy atom. The maximum atomic E-state index is 14.3. The summed E-state index contributed by atoms with van der Waals surface area (Å²) in [7, 11) is 0. The largest absolute Gasteiger partial charge is 0.455 e. The number of piperazine rings is 1. The fourth-order valence-corrected chi connectivity index (χ4v) is 6.98. The van der Waals surface area contributed by atoms with Gasteiger partial charge >= 0.3 is 0 Å². The molecular formula is C40H39FN10O6. The lowest BCUT2D eigenvalue weighted by atomic mass is 10.1. The lowest BCUT2D eigenvalue weighted by molar-refractivity contribution is -0.134. The van der Waals surface area contributed by atoms with Crippen LogP contribution >= 0.6 is 0 Å². The van der Waals surface area contributed by atoms with Crippen LogP contribution in [0.3, 0.4) is 0 Å². The molecule has 2 bridgehead atoms. The van der Waals surface area contributed by atoms with E-state index < -0.39 is 23.7 Å². The van der Waals surface area contributed by atoms with E-state index in [4.69, 9.17) is 4.74 Å². The predicted octanol–water partition coefficient (Wildman–Crippen LogP) is 3.91. The van der Waals surface area contributed by atoms with E-state index in [1.807, 2.05) is 29.2 Å². The van der Waals surface area contributed by atoms with Gasteiger partial charge in [-0.25, -0.2) is 13.9 Å². The summed E-state index contributed by atoms with van der Waals surface area (Å²) < 4.78 is 22.0. The van der Waals surface area contributed by atoms with E-state index in [0.29, 0.717) is 68.2 Å². The van der Waals surface area contributed by atoms with E-state index in [2.05, 4.69) is 41.6 Å². The molecule has 5 aromatic rings. The van der Waals surface area contributed by atoms with Crippen molar-refractivity contribution < 1.29 is 33.1 Å². The van der Waals surface area contributed by atoms with Crippen LogP contribution in [0.2, 0.25) is 0 Å². The molecule has 5 heterocycles. The summed E-state index contributed by atoms with van der Waals surface area (Å²) in [5.41, 5.74) is 3.27. The van der Waals surface area contributed by atoms with Crippen LogP contribution in [-0.2, 0) is 20.9 Å². The first-order valence-electron chi connectivity index (χ1n) is 18.7. The van der Waals surface area contributed by atoms with Crippen molar-refractivity contribution in [1.82, 2.24) is 30.1 Å². The average molecular weight is 775 g/mol. The quantitative estimate of drug-likeness (QED) is 0.114. The molecule has 0 radical (unpaired) electrons. The summed E-state index contributed by atoms with van der Waals surface area (Å²) in [6.07, 6.45) is 4.50. The smallest absolute Gasteiger partial charge is 0.261 e. The molecule has 0 aliphatic carbocycles. The fourth-order valence-electron chi connectivity index (χ4n) is 6.98. The van der Waals surface area contributed by atoms with Crippen LogP contribution in [0.1, 0.15) is 52.0 Å². The highest BCUT2D eigenvalue weighted by molar-refractivity contribution is 6.09. The summed E-state index contributed by atoms with van der Waals surface area (Å²) in [6, 6.07) is 17.7. The highest BCUT2D eigenvalue weighted by Crippen LogP contribution is 2.34. The molecule has 1 unspecified atom stereocenters. The Morgan fingerprint density at radius 1 is 0.930 bits per heavy atom. The van der Waals surface area contributed by atoms with Crippen molar-refractivity contribution in [3.8, 4) is 11.5 Å². The third kappa shape index (κ3) is 8.31. The second kappa shape index (κ2) is 16.0. The van der Waals surface area contributed by atoms with E-state index in [1.165, 1.54) is 35.0 Å². The van der Waals surface area contributed by atoms with Gasteiger partial charge in [0.25, 0.3) is 11.8 Å². The number of ether oxygens (including phenoxy) is 1. The second-order valence-corrected chi connectivity index (χ2v) is 13.9. The average Bonchev–Trinajstić information content (AvgIpc) is 3.65. The van der Waals surface area contributed by atoms with E-state index in [1.54, 1.807) is 24.4 Å². The number of carbonyl (C=O) groups excluding carboxylic acids is 5. The third-order valence-corrected chi connectivity index (χ3v) is 10.1. The summed E-state index contributed by atoms with van der Waals surface area (Å²) in [5, 5.41) is 18.6. The number of benzene rings is 3. The van der Waals surface area contributed by atoms with Gasteiger partial charge in [-0.2, -0.15) is 5.10 Å². The van der Waals surface area contributed by atoms with Gasteiger partial charge in [-0.15, -0.1) is 0 Å². The van der Waals surface area contributed by atoms with Crippen molar-refractivity contribution in [2.75, 3.05) is 53.6 Å². The SMILES string of the molecule is O=C1CCC(Nc2ccc(N3CCN(C(=O)CCCNC(=O)c4ccc5c(c4)NC(=O)c4cnn6ccc(nc46)NCc4cc(F)ccc4O5)CC3)cc2)C(=O)N1. The number of nitrogens with one attached hydrogen (secondary N) is 5. The first-order valence-corrected chi connectivity index (χ1v) is 18.7. The molecule has 1 atom stereocenters. The predicted molar refractivity (Wildman–Crippen MR) is 208 cm³/mol. The number of piperidine rings is 1. The Hall–Kier alpha value is -7.04. The molecule has 17 heteroatoms. The standard InChI is InChI=1S/C40H39FN10O6/c41-26-4-11-32-25(20-26)22-43-34-13-15-51-37(47-34)29(23-44-51)39(55)46-31-21-24(3-10-33(31)57-32)38(54)42-14-1-2-36(53)50-18-16-49(17-19-50)28-7-5-27(6-8-28)45-30-9-12-35(52)48-40(30)56/h3-8,10-11,13,15,20-21,23,30,45H,1-2,9,12,14,16-19,22H2,(H,42,54)(H,43,47)(H,46,55)(H,48,52,56). The Morgan fingerprint density at radius 3 is 2.54 bits per heavy atom. The molecule has 0 spiro atoms. The number of anilines is 4. The summed E-state index contributed by atoms with van der Waals surface area (Å²) >= 11 is 0. The van der Waals surface area contributed by atoms with Gasteiger partial charge in [0.2, 0.25) is 17.7 Å². The number of hydrogen-bond acceptors (Lipinski definition) is 11. The molecule has 0 saturated carbocycles. The lowest BCUT2D eigenvalue weighted by Crippen LogP contribution is -2.49. The third-order valence-electron chi connectivity index (χ3n) is 10.1. The number of amides is 5. The van der Waals surface area contributed by atoms with Gasteiger partial charge in [0.05, 0.1) is 11.9 Å². The van der Waals surface area contributed by atoms with Gasteiger partial charge in [-0.3, -0.25) is 29.3 Å². The van der Waals surface area contributed by atoms with Gasteiger partial charge in [-0.1, -0.05) is 0 Å². The molecule has 5 N–H and O–H groups in total. The Bertz CT molecular complexity index is 2380. The minimum absolute atomic E-state index is 0.00723. The van der Waals surface area contributed by atoms with Crippen LogP contribution in [0.15, 0.2) is 79.1 Å². The zero-order valence-electron chi connectivity index (χ0n) is 30.7. The number of aromatic nitrogens is 3. The van der Waals surface area contributed by atoms with Crippen LogP contribution < -0.4 is 36.2 Å². The van der Waals surface area contributed by atoms with Gasteiger partial charge in [0, 0.05) is 80.8 Å². The maximum absolute atomic E-state index is 14.3. The highest BCUT2D eigenvalue weighted by atomic mass is 19.1. The normalized spacial score (nSPS) is 16.8. The molecule has 57 heavy (non-hydrogen) atoms.